The van der Waals surface area contributed by atoms with Crippen LogP contribution in [0.3, 0.4) is 0 Å². The Morgan fingerprint density at radius 3 is 2.22 bits per heavy atom. The lowest BCUT2D eigenvalue weighted by atomic mass is 9.99. The molecule has 0 N–H and O–H groups in total. The normalized spacial score (nSPS) is 19.0. The fraction of sp³-hybridized carbons (Fsp3) is 0.522. The molecule has 0 atom stereocenters. The average molecular weight is 366 g/mol. The standard InChI is InChI=1S/C23H31N3O/c1-17-6-8-19(9-7-17)21-18(2)16-24(3)22(21)23(27)26-14-10-20(11-15-26)25-12-4-5-13-25/h6-9,16,20H,4-5,10-15H2,1-3H3. The summed E-state index contributed by atoms with van der Waals surface area (Å²) in [5.41, 5.74) is 5.45. The van der Waals surface area contributed by atoms with Crippen LogP contribution in [0.2, 0.25) is 0 Å². The first-order valence-corrected chi connectivity index (χ1v) is 10.3. The van der Waals surface area contributed by atoms with Crippen molar-refractivity contribution in [1.82, 2.24) is 14.4 Å². The third-order valence-corrected chi connectivity index (χ3v) is 6.32. The second-order valence-electron chi connectivity index (χ2n) is 8.28. The van der Waals surface area contributed by atoms with E-state index in [1.165, 1.54) is 31.5 Å². The third-order valence-electron chi connectivity index (χ3n) is 6.32. The summed E-state index contributed by atoms with van der Waals surface area (Å²) in [7, 11) is 1.99. The van der Waals surface area contributed by atoms with E-state index in [9.17, 15) is 4.79 Å². The van der Waals surface area contributed by atoms with E-state index < -0.39 is 0 Å². The minimum absolute atomic E-state index is 0.182. The van der Waals surface area contributed by atoms with Gasteiger partial charge in [0.1, 0.15) is 5.69 Å². The summed E-state index contributed by atoms with van der Waals surface area (Å²) >= 11 is 0. The van der Waals surface area contributed by atoms with Gasteiger partial charge < -0.3 is 14.4 Å². The lowest BCUT2D eigenvalue weighted by Gasteiger charge is -2.36. The van der Waals surface area contributed by atoms with Crippen molar-refractivity contribution in [2.75, 3.05) is 26.2 Å². The van der Waals surface area contributed by atoms with E-state index in [0.29, 0.717) is 6.04 Å². The second-order valence-corrected chi connectivity index (χ2v) is 8.28. The average Bonchev–Trinajstić information content (AvgIpc) is 3.30. The highest BCUT2D eigenvalue weighted by molar-refractivity contribution is 6.00. The highest BCUT2D eigenvalue weighted by Crippen LogP contribution is 2.31. The van der Waals surface area contributed by atoms with Crippen LogP contribution in [-0.2, 0) is 7.05 Å². The zero-order valence-electron chi connectivity index (χ0n) is 16.9. The fourth-order valence-electron chi connectivity index (χ4n) is 4.82. The van der Waals surface area contributed by atoms with Crippen LogP contribution in [0.1, 0.15) is 47.3 Å². The molecule has 1 aromatic heterocycles. The highest BCUT2D eigenvalue weighted by Gasteiger charge is 2.31. The Kier molecular flexibility index (Phi) is 5.09. The van der Waals surface area contributed by atoms with Crippen molar-refractivity contribution >= 4 is 5.91 Å². The number of carbonyl (C=O) groups excluding carboxylic acids is 1. The molecular formula is C23H31N3O. The Morgan fingerprint density at radius 2 is 1.59 bits per heavy atom. The lowest BCUT2D eigenvalue weighted by molar-refractivity contribution is 0.0636. The topological polar surface area (TPSA) is 28.5 Å². The number of piperidine rings is 1. The molecule has 27 heavy (non-hydrogen) atoms. The molecule has 0 saturated carbocycles. The van der Waals surface area contributed by atoms with Gasteiger partial charge >= 0.3 is 0 Å². The van der Waals surface area contributed by atoms with Crippen LogP contribution in [0, 0.1) is 13.8 Å². The molecule has 1 amide bonds. The molecule has 2 saturated heterocycles. The van der Waals surface area contributed by atoms with Gasteiger partial charge in [-0.1, -0.05) is 29.8 Å². The van der Waals surface area contributed by atoms with E-state index in [4.69, 9.17) is 0 Å². The zero-order chi connectivity index (χ0) is 19.0. The number of benzene rings is 1. The summed E-state index contributed by atoms with van der Waals surface area (Å²) < 4.78 is 2.01. The van der Waals surface area contributed by atoms with Gasteiger partial charge in [0.25, 0.3) is 5.91 Å². The molecule has 144 valence electrons. The third kappa shape index (κ3) is 3.55. The maximum absolute atomic E-state index is 13.4. The molecule has 3 heterocycles. The molecule has 4 heteroatoms. The van der Waals surface area contributed by atoms with Crippen molar-refractivity contribution in [3.8, 4) is 11.1 Å². The fourth-order valence-corrected chi connectivity index (χ4v) is 4.82. The molecule has 2 aliphatic rings. The second kappa shape index (κ2) is 7.51. The number of aromatic nitrogens is 1. The van der Waals surface area contributed by atoms with Crippen molar-refractivity contribution in [1.29, 1.82) is 0 Å². The van der Waals surface area contributed by atoms with E-state index in [2.05, 4.69) is 54.1 Å². The number of aryl methyl sites for hydroxylation is 3. The summed E-state index contributed by atoms with van der Waals surface area (Å²) in [6.07, 6.45) is 6.97. The van der Waals surface area contributed by atoms with Gasteiger partial charge in [-0.15, -0.1) is 0 Å². The largest absolute Gasteiger partial charge is 0.346 e. The van der Waals surface area contributed by atoms with E-state index in [0.717, 1.165) is 48.3 Å². The Labute approximate surface area is 162 Å². The number of carbonyl (C=O) groups is 1. The van der Waals surface area contributed by atoms with Crippen molar-refractivity contribution in [2.45, 2.75) is 45.6 Å². The summed E-state index contributed by atoms with van der Waals surface area (Å²) in [6.45, 7) is 8.43. The summed E-state index contributed by atoms with van der Waals surface area (Å²) in [5, 5.41) is 0. The monoisotopic (exact) mass is 365 g/mol. The SMILES string of the molecule is Cc1ccc(-c2c(C)cn(C)c2C(=O)N2CCC(N3CCCC3)CC2)cc1. The molecule has 0 unspecified atom stereocenters. The minimum Gasteiger partial charge on any atom is -0.346 e. The number of amides is 1. The molecule has 1 aromatic carbocycles. The predicted octanol–water partition coefficient (Wildman–Crippen LogP) is 4.01. The van der Waals surface area contributed by atoms with Gasteiger partial charge in [-0.3, -0.25) is 4.79 Å². The van der Waals surface area contributed by atoms with Crippen LogP contribution in [-0.4, -0.2) is 52.5 Å². The number of hydrogen-bond donors (Lipinski definition) is 0. The number of likely N-dealkylation sites (tertiary alicyclic amines) is 2. The maximum Gasteiger partial charge on any atom is 0.271 e. The number of rotatable bonds is 3. The van der Waals surface area contributed by atoms with Crippen molar-refractivity contribution in [3.63, 3.8) is 0 Å². The molecular weight excluding hydrogens is 334 g/mol. The van der Waals surface area contributed by atoms with Crippen LogP contribution in [0.25, 0.3) is 11.1 Å². The predicted molar refractivity (Wildman–Crippen MR) is 110 cm³/mol. The first-order valence-electron chi connectivity index (χ1n) is 10.3. The van der Waals surface area contributed by atoms with Crippen LogP contribution >= 0.6 is 0 Å². The van der Waals surface area contributed by atoms with Crippen LogP contribution in [0.15, 0.2) is 30.5 Å². The van der Waals surface area contributed by atoms with E-state index >= 15 is 0 Å². The maximum atomic E-state index is 13.4. The highest BCUT2D eigenvalue weighted by atomic mass is 16.2. The van der Waals surface area contributed by atoms with E-state index in [1.807, 2.05) is 11.6 Å². The van der Waals surface area contributed by atoms with Crippen molar-refractivity contribution in [3.05, 3.63) is 47.3 Å². The van der Waals surface area contributed by atoms with Crippen molar-refractivity contribution < 1.29 is 4.79 Å². The summed E-state index contributed by atoms with van der Waals surface area (Å²) in [6, 6.07) is 9.18. The van der Waals surface area contributed by atoms with Crippen LogP contribution in [0.5, 0.6) is 0 Å². The van der Waals surface area contributed by atoms with Gasteiger partial charge in [-0.25, -0.2) is 0 Å². The van der Waals surface area contributed by atoms with Gasteiger partial charge in [0.05, 0.1) is 0 Å². The molecule has 2 fully saturated rings. The quantitative estimate of drug-likeness (QED) is 0.822. The zero-order valence-corrected chi connectivity index (χ0v) is 16.9. The van der Waals surface area contributed by atoms with Crippen LogP contribution in [0.4, 0.5) is 0 Å². The minimum atomic E-state index is 0.182. The molecule has 0 radical (unpaired) electrons. The van der Waals surface area contributed by atoms with Gasteiger partial charge in [0, 0.05) is 37.9 Å². The first-order chi connectivity index (χ1) is 13.0. The Hall–Kier alpha value is -2.07. The van der Waals surface area contributed by atoms with Gasteiger partial charge in [-0.05, 0) is 63.7 Å². The molecule has 4 rings (SSSR count). The Morgan fingerprint density at radius 1 is 0.963 bits per heavy atom. The summed E-state index contributed by atoms with van der Waals surface area (Å²) in [5.74, 6) is 0.182. The molecule has 2 aliphatic heterocycles. The lowest BCUT2D eigenvalue weighted by Crippen LogP contribution is -2.46. The van der Waals surface area contributed by atoms with Crippen LogP contribution < -0.4 is 0 Å². The molecule has 4 nitrogen and oxygen atoms in total. The van der Waals surface area contributed by atoms with Gasteiger partial charge in [-0.2, -0.15) is 0 Å². The van der Waals surface area contributed by atoms with E-state index in [-0.39, 0.29) is 5.91 Å². The Bertz CT molecular complexity index is 807. The van der Waals surface area contributed by atoms with Crippen molar-refractivity contribution in [2.24, 2.45) is 7.05 Å². The first kappa shape index (κ1) is 18.3. The Balaban J connectivity index is 1.55. The molecule has 0 spiro atoms. The molecule has 0 bridgehead atoms. The molecule has 2 aromatic rings. The van der Waals surface area contributed by atoms with E-state index in [1.54, 1.807) is 0 Å². The molecule has 0 aliphatic carbocycles. The van der Waals surface area contributed by atoms with Gasteiger partial charge in [0.15, 0.2) is 0 Å². The van der Waals surface area contributed by atoms with Gasteiger partial charge in [0.2, 0.25) is 0 Å². The number of nitrogens with zero attached hydrogens (tertiary/aromatic N) is 3. The number of hydrogen-bond acceptors (Lipinski definition) is 2. The summed E-state index contributed by atoms with van der Waals surface area (Å²) in [4.78, 5) is 18.1. The smallest absolute Gasteiger partial charge is 0.271 e.